The fourth-order valence-electron chi connectivity index (χ4n) is 2.76. The predicted molar refractivity (Wildman–Crippen MR) is 78.2 cm³/mol. The average molecular weight is 263 g/mol. The van der Waals surface area contributed by atoms with Gasteiger partial charge in [-0.1, -0.05) is 0 Å². The van der Waals surface area contributed by atoms with Crippen molar-refractivity contribution in [2.45, 2.75) is 38.3 Å². The van der Waals surface area contributed by atoms with Gasteiger partial charge in [0.1, 0.15) is 5.82 Å². The third-order valence-corrected chi connectivity index (χ3v) is 3.62. The minimum atomic E-state index is -0.128. The predicted octanol–water partition coefficient (Wildman–Crippen LogP) is 1.11. The lowest BCUT2D eigenvalue weighted by molar-refractivity contribution is 0.176. The van der Waals surface area contributed by atoms with Crippen LogP contribution in [0.3, 0.4) is 0 Å². The Bertz CT molecular complexity index is 379. The molecule has 0 saturated carbocycles. The molecule has 5 heteroatoms. The maximum atomic E-state index is 6.09. The lowest BCUT2D eigenvalue weighted by atomic mass is 10.0. The van der Waals surface area contributed by atoms with Gasteiger partial charge in [0.05, 0.1) is 6.20 Å². The van der Waals surface area contributed by atoms with Gasteiger partial charge in [0.15, 0.2) is 0 Å². The molecule has 0 spiro atoms. The van der Waals surface area contributed by atoms with Gasteiger partial charge in [-0.3, -0.25) is 4.98 Å². The molecule has 2 N–H and O–H groups in total. The summed E-state index contributed by atoms with van der Waals surface area (Å²) in [6, 6.07) is 0.621. The standard InChI is InChI=1S/C14H25N5/c1-14(2,15)11-18(3)12-4-8-19(9-5-12)13-10-16-6-7-17-13/h6-7,10,12H,4-5,8-9,11,15H2,1-3H3. The van der Waals surface area contributed by atoms with Crippen molar-refractivity contribution in [3.63, 3.8) is 0 Å². The van der Waals surface area contributed by atoms with Crippen molar-refractivity contribution < 1.29 is 0 Å². The van der Waals surface area contributed by atoms with Crippen LogP contribution in [0.4, 0.5) is 5.82 Å². The molecule has 1 saturated heterocycles. The Labute approximate surface area is 115 Å². The molecule has 0 radical (unpaired) electrons. The molecule has 19 heavy (non-hydrogen) atoms. The highest BCUT2D eigenvalue weighted by Gasteiger charge is 2.25. The van der Waals surface area contributed by atoms with Crippen molar-refractivity contribution in [2.75, 3.05) is 31.6 Å². The largest absolute Gasteiger partial charge is 0.355 e. The van der Waals surface area contributed by atoms with E-state index >= 15 is 0 Å². The van der Waals surface area contributed by atoms with E-state index in [1.165, 1.54) is 0 Å². The summed E-state index contributed by atoms with van der Waals surface area (Å²) in [5, 5.41) is 0. The van der Waals surface area contributed by atoms with Crippen molar-refractivity contribution in [1.82, 2.24) is 14.9 Å². The van der Waals surface area contributed by atoms with Gasteiger partial charge in [-0.2, -0.15) is 0 Å². The number of rotatable bonds is 4. The zero-order valence-electron chi connectivity index (χ0n) is 12.2. The molecule has 0 atom stereocenters. The Balaban J connectivity index is 1.86. The molecule has 106 valence electrons. The minimum absolute atomic E-state index is 0.128. The molecule has 1 fully saturated rings. The van der Waals surface area contributed by atoms with Crippen LogP contribution in [0, 0.1) is 0 Å². The molecule has 0 amide bonds. The van der Waals surface area contributed by atoms with Gasteiger partial charge < -0.3 is 15.5 Å². The van der Waals surface area contributed by atoms with Gasteiger partial charge in [0.2, 0.25) is 0 Å². The lowest BCUT2D eigenvalue weighted by Crippen LogP contribution is -2.50. The molecule has 0 unspecified atom stereocenters. The number of nitrogens with two attached hydrogens (primary N) is 1. The zero-order chi connectivity index (χ0) is 13.9. The number of aromatic nitrogens is 2. The first-order valence-electron chi connectivity index (χ1n) is 6.96. The Hall–Kier alpha value is -1.20. The summed E-state index contributed by atoms with van der Waals surface area (Å²) in [4.78, 5) is 13.2. The molecule has 2 heterocycles. The molecule has 0 aliphatic carbocycles. The van der Waals surface area contributed by atoms with Crippen molar-refractivity contribution in [2.24, 2.45) is 5.73 Å². The first-order chi connectivity index (χ1) is 8.96. The molecular formula is C14H25N5. The summed E-state index contributed by atoms with van der Waals surface area (Å²) in [5.41, 5.74) is 5.96. The fourth-order valence-corrected chi connectivity index (χ4v) is 2.76. The zero-order valence-corrected chi connectivity index (χ0v) is 12.2. The molecule has 1 aromatic heterocycles. The first-order valence-corrected chi connectivity index (χ1v) is 6.96. The molecule has 1 aromatic rings. The first kappa shape index (κ1) is 14.2. The summed E-state index contributed by atoms with van der Waals surface area (Å²) >= 11 is 0. The molecule has 1 aliphatic heterocycles. The van der Waals surface area contributed by atoms with E-state index in [-0.39, 0.29) is 5.54 Å². The van der Waals surface area contributed by atoms with Crippen LogP contribution in [-0.4, -0.2) is 53.1 Å². The molecule has 1 aliphatic rings. The average Bonchev–Trinajstić information content (AvgIpc) is 2.38. The quantitative estimate of drug-likeness (QED) is 0.882. The highest BCUT2D eigenvalue weighted by atomic mass is 15.2. The van der Waals surface area contributed by atoms with E-state index in [1.54, 1.807) is 12.4 Å². The highest BCUT2D eigenvalue weighted by molar-refractivity contribution is 5.35. The Morgan fingerprint density at radius 1 is 1.37 bits per heavy atom. The molecular weight excluding hydrogens is 238 g/mol. The third-order valence-electron chi connectivity index (χ3n) is 3.62. The number of nitrogens with zero attached hydrogens (tertiary/aromatic N) is 4. The second-order valence-corrected chi connectivity index (χ2v) is 6.19. The summed E-state index contributed by atoms with van der Waals surface area (Å²) in [6.07, 6.45) is 7.62. The van der Waals surface area contributed by atoms with Gasteiger partial charge in [-0.05, 0) is 33.7 Å². The van der Waals surface area contributed by atoms with Crippen molar-refractivity contribution >= 4 is 5.82 Å². The molecule has 0 bridgehead atoms. The SMILES string of the molecule is CN(CC(C)(C)N)C1CCN(c2cnccn2)CC1. The lowest BCUT2D eigenvalue weighted by Gasteiger charge is -2.39. The van der Waals surface area contributed by atoms with Crippen LogP contribution in [0.25, 0.3) is 0 Å². The van der Waals surface area contributed by atoms with Crippen LogP contribution in [0.1, 0.15) is 26.7 Å². The minimum Gasteiger partial charge on any atom is -0.355 e. The summed E-state index contributed by atoms with van der Waals surface area (Å²) in [6.45, 7) is 7.18. The van der Waals surface area contributed by atoms with Gasteiger partial charge >= 0.3 is 0 Å². The summed E-state index contributed by atoms with van der Waals surface area (Å²) < 4.78 is 0. The summed E-state index contributed by atoms with van der Waals surface area (Å²) in [7, 11) is 2.18. The smallest absolute Gasteiger partial charge is 0.147 e. The van der Waals surface area contributed by atoms with Crippen LogP contribution in [0.2, 0.25) is 0 Å². The van der Waals surface area contributed by atoms with Gasteiger partial charge in [0, 0.05) is 43.6 Å². The Morgan fingerprint density at radius 2 is 2.05 bits per heavy atom. The van der Waals surface area contributed by atoms with Crippen LogP contribution in [0.5, 0.6) is 0 Å². The van der Waals surface area contributed by atoms with E-state index in [0.717, 1.165) is 38.3 Å². The molecule has 0 aromatic carbocycles. The van der Waals surface area contributed by atoms with E-state index in [0.29, 0.717) is 6.04 Å². The van der Waals surface area contributed by atoms with Crippen molar-refractivity contribution in [3.05, 3.63) is 18.6 Å². The van der Waals surface area contributed by atoms with E-state index in [9.17, 15) is 0 Å². The molecule has 5 nitrogen and oxygen atoms in total. The molecule has 2 rings (SSSR count). The number of hydrogen-bond acceptors (Lipinski definition) is 5. The van der Waals surface area contributed by atoms with E-state index in [1.807, 2.05) is 6.20 Å². The van der Waals surface area contributed by atoms with Crippen LogP contribution in [-0.2, 0) is 0 Å². The van der Waals surface area contributed by atoms with Crippen molar-refractivity contribution in [3.8, 4) is 0 Å². The number of piperidine rings is 1. The van der Waals surface area contributed by atoms with Crippen LogP contribution < -0.4 is 10.6 Å². The number of anilines is 1. The van der Waals surface area contributed by atoms with Crippen LogP contribution >= 0.6 is 0 Å². The second-order valence-electron chi connectivity index (χ2n) is 6.19. The van der Waals surface area contributed by atoms with E-state index < -0.39 is 0 Å². The second kappa shape index (κ2) is 5.84. The van der Waals surface area contributed by atoms with Gasteiger partial charge in [-0.25, -0.2) is 4.98 Å². The third kappa shape index (κ3) is 4.14. The van der Waals surface area contributed by atoms with E-state index in [4.69, 9.17) is 5.73 Å². The van der Waals surface area contributed by atoms with Gasteiger partial charge in [0.25, 0.3) is 0 Å². The Morgan fingerprint density at radius 3 is 2.58 bits per heavy atom. The van der Waals surface area contributed by atoms with Crippen molar-refractivity contribution in [1.29, 1.82) is 0 Å². The fraction of sp³-hybridized carbons (Fsp3) is 0.714. The summed E-state index contributed by atoms with van der Waals surface area (Å²) in [5.74, 6) is 0.989. The number of hydrogen-bond donors (Lipinski definition) is 1. The highest BCUT2D eigenvalue weighted by Crippen LogP contribution is 2.20. The van der Waals surface area contributed by atoms with Gasteiger partial charge in [-0.15, -0.1) is 0 Å². The normalized spacial score (nSPS) is 18.1. The van der Waals surface area contributed by atoms with Crippen LogP contribution in [0.15, 0.2) is 18.6 Å². The Kier molecular flexibility index (Phi) is 4.37. The monoisotopic (exact) mass is 263 g/mol. The maximum Gasteiger partial charge on any atom is 0.147 e. The maximum absolute atomic E-state index is 6.09. The topological polar surface area (TPSA) is 58.3 Å². The number of likely N-dealkylation sites (N-methyl/N-ethyl adjacent to an activating group) is 1. The van der Waals surface area contributed by atoms with E-state index in [2.05, 4.69) is 40.7 Å².